The van der Waals surface area contributed by atoms with Gasteiger partial charge in [0.05, 0.1) is 17.5 Å². The van der Waals surface area contributed by atoms with Crippen LogP contribution in [0.5, 0.6) is 0 Å². The van der Waals surface area contributed by atoms with Gasteiger partial charge < -0.3 is 4.42 Å². The van der Waals surface area contributed by atoms with E-state index < -0.39 is 5.63 Å². The quantitative estimate of drug-likeness (QED) is 0.238. The first-order valence-corrected chi connectivity index (χ1v) is 9.87. The molecular weight excluding hydrogens is 450 g/mol. The molecule has 4 aromatic rings. The minimum atomic E-state index is -0.444. The van der Waals surface area contributed by atoms with Crippen LogP contribution in [0.25, 0.3) is 22.2 Å². The minimum Gasteiger partial charge on any atom is -0.422 e. The van der Waals surface area contributed by atoms with E-state index in [-0.39, 0.29) is 0 Å². The average molecular weight is 461 g/mol. The van der Waals surface area contributed by atoms with Gasteiger partial charge in [0.15, 0.2) is 0 Å². The zero-order valence-corrected chi connectivity index (χ0v) is 16.8. The van der Waals surface area contributed by atoms with E-state index >= 15 is 0 Å². The number of anilines is 1. The van der Waals surface area contributed by atoms with Crippen molar-refractivity contribution < 1.29 is 4.42 Å². The minimum absolute atomic E-state index is 0.381. The van der Waals surface area contributed by atoms with Crippen LogP contribution in [0, 0.1) is 0 Å². The van der Waals surface area contributed by atoms with Crippen LogP contribution in [-0.2, 0) is 0 Å². The Balaban J connectivity index is 1.57. The SMILES string of the molecule is O=c1oc2ccc(Cl)cc2cc1-c1csc(NN=Cc2ccc(Br)cc2)n1. The number of hydrogen-bond donors (Lipinski definition) is 1. The molecule has 0 aliphatic rings. The molecular formula is C19H11BrClN3O2S. The highest BCUT2D eigenvalue weighted by Gasteiger charge is 2.11. The number of thiazole rings is 1. The third-order valence-electron chi connectivity index (χ3n) is 3.72. The van der Waals surface area contributed by atoms with E-state index in [0.29, 0.717) is 27.0 Å². The molecule has 134 valence electrons. The molecule has 0 radical (unpaired) electrons. The second-order valence-corrected chi connectivity index (χ2v) is 7.80. The molecule has 0 aliphatic heterocycles. The van der Waals surface area contributed by atoms with Crippen LogP contribution >= 0.6 is 38.9 Å². The van der Waals surface area contributed by atoms with Gasteiger partial charge in [-0.2, -0.15) is 5.10 Å². The zero-order chi connectivity index (χ0) is 18.8. The van der Waals surface area contributed by atoms with Crippen molar-refractivity contribution in [1.29, 1.82) is 0 Å². The lowest BCUT2D eigenvalue weighted by molar-refractivity contribution is 0.563. The lowest BCUT2D eigenvalue weighted by atomic mass is 10.1. The second-order valence-electron chi connectivity index (χ2n) is 5.59. The standard InChI is InChI=1S/C19H11BrClN3O2S/c20-13-3-1-11(2-4-13)9-22-24-19-23-16(10-27-19)15-8-12-7-14(21)5-6-17(12)26-18(15)25/h1-10H,(H,23,24). The summed E-state index contributed by atoms with van der Waals surface area (Å²) in [4.78, 5) is 16.7. The molecule has 2 aromatic heterocycles. The maximum absolute atomic E-state index is 12.3. The predicted octanol–water partition coefficient (Wildman–Crippen LogP) is 5.78. The van der Waals surface area contributed by atoms with Gasteiger partial charge in [0.2, 0.25) is 5.13 Å². The predicted molar refractivity (Wildman–Crippen MR) is 114 cm³/mol. The molecule has 0 fully saturated rings. The van der Waals surface area contributed by atoms with Gasteiger partial charge in [0.1, 0.15) is 5.58 Å². The Hall–Kier alpha value is -2.48. The molecule has 27 heavy (non-hydrogen) atoms. The number of benzene rings is 2. The Bertz CT molecular complexity index is 1200. The Kier molecular flexibility index (Phi) is 5.07. The van der Waals surface area contributed by atoms with Crippen molar-refractivity contribution >= 4 is 61.2 Å². The molecule has 5 nitrogen and oxygen atoms in total. The zero-order valence-electron chi connectivity index (χ0n) is 13.6. The van der Waals surface area contributed by atoms with Crippen molar-refractivity contribution in [2.45, 2.75) is 0 Å². The first-order valence-electron chi connectivity index (χ1n) is 7.82. The van der Waals surface area contributed by atoms with Crippen molar-refractivity contribution in [1.82, 2.24) is 4.98 Å². The average Bonchev–Trinajstić information content (AvgIpc) is 3.12. The summed E-state index contributed by atoms with van der Waals surface area (Å²) in [5, 5.41) is 7.84. The van der Waals surface area contributed by atoms with Crippen molar-refractivity contribution in [2.75, 3.05) is 5.43 Å². The Morgan fingerprint density at radius 1 is 1.19 bits per heavy atom. The van der Waals surface area contributed by atoms with Gasteiger partial charge in [-0.3, -0.25) is 5.43 Å². The fraction of sp³-hybridized carbons (Fsp3) is 0. The monoisotopic (exact) mass is 459 g/mol. The number of nitrogens with zero attached hydrogens (tertiary/aromatic N) is 2. The fourth-order valence-electron chi connectivity index (χ4n) is 2.43. The van der Waals surface area contributed by atoms with Crippen LogP contribution in [0.4, 0.5) is 5.13 Å². The molecule has 2 heterocycles. The van der Waals surface area contributed by atoms with Crippen LogP contribution in [0.15, 0.2) is 72.7 Å². The van der Waals surface area contributed by atoms with Crippen molar-refractivity contribution in [3.8, 4) is 11.3 Å². The fourth-order valence-corrected chi connectivity index (χ4v) is 3.54. The van der Waals surface area contributed by atoms with E-state index in [0.717, 1.165) is 15.4 Å². The van der Waals surface area contributed by atoms with Gasteiger partial charge in [0.25, 0.3) is 0 Å². The number of fused-ring (bicyclic) bond motifs is 1. The van der Waals surface area contributed by atoms with E-state index in [2.05, 4.69) is 31.4 Å². The van der Waals surface area contributed by atoms with Crippen LogP contribution in [0.2, 0.25) is 5.02 Å². The molecule has 0 saturated heterocycles. The van der Waals surface area contributed by atoms with E-state index in [1.165, 1.54) is 11.3 Å². The highest BCUT2D eigenvalue weighted by molar-refractivity contribution is 9.10. The number of hydrogen-bond acceptors (Lipinski definition) is 6. The van der Waals surface area contributed by atoms with Crippen molar-refractivity contribution in [2.24, 2.45) is 5.10 Å². The summed E-state index contributed by atoms with van der Waals surface area (Å²) in [7, 11) is 0. The van der Waals surface area contributed by atoms with E-state index in [1.807, 2.05) is 24.3 Å². The van der Waals surface area contributed by atoms with E-state index in [1.54, 1.807) is 35.9 Å². The van der Waals surface area contributed by atoms with E-state index in [9.17, 15) is 4.79 Å². The van der Waals surface area contributed by atoms with Crippen LogP contribution < -0.4 is 11.1 Å². The van der Waals surface area contributed by atoms with Gasteiger partial charge in [-0.15, -0.1) is 11.3 Å². The lowest BCUT2D eigenvalue weighted by Gasteiger charge is -2.00. The summed E-state index contributed by atoms with van der Waals surface area (Å²) in [5.41, 5.74) is 4.78. The lowest BCUT2D eigenvalue weighted by Crippen LogP contribution is -2.03. The molecule has 1 N–H and O–H groups in total. The molecule has 0 amide bonds. The molecule has 0 saturated carbocycles. The molecule has 0 unspecified atom stereocenters. The topological polar surface area (TPSA) is 67.5 Å². The van der Waals surface area contributed by atoms with Gasteiger partial charge in [0, 0.05) is 20.3 Å². The molecule has 0 spiro atoms. The van der Waals surface area contributed by atoms with Crippen molar-refractivity contribution in [3.63, 3.8) is 0 Å². The van der Waals surface area contributed by atoms with Gasteiger partial charge in [-0.25, -0.2) is 9.78 Å². The normalized spacial score (nSPS) is 11.3. The number of hydrazone groups is 1. The summed E-state index contributed by atoms with van der Waals surface area (Å²) >= 11 is 10.8. The number of nitrogens with one attached hydrogen (secondary N) is 1. The number of halogens is 2. The summed E-state index contributed by atoms with van der Waals surface area (Å²) < 4.78 is 6.36. The molecule has 0 aliphatic carbocycles. The second kappa shape index (κ2) is 7.64. The maximum Gasteiger partial charge on any atom is 0.345 e. The van der Waals surface area contributed by atoms with E-state index in [4.69, 9.17) is 16.0 Å². The molecule has 8 heteroatoms. The first-order chi connectivity index (χ1) is 13.1. The van der Waals surface area contributed by atoms with Gasteiger partial charge in [-0.05, 0) is 42.0 Å². The Labute approximate surface area is 171 Å². The van der Waals surface area contributed by atoms with Crippen LogP contribution in [0.1, 0.15) is 5.56 Å². The summed E-state index contributed by atoms with van der Waals surface area (Å²) in [6.07, 6.45) is 1.69. The Morgan fingerprint density at radius 3 is 2.81 bits per heavy atom. The van der Waals surface area contributed by atoms with Crippen LogP contribution in [0.3, 0.4) is 0 Å². The molecule has 0 bridgehead atoms. The molecule has 0 atom stereocenters. The Morgan fingerprint density at radius 2 is 2.00 bits per heavy atom. The molecule has 2 aromatic carbocycles. The summed E-state index contributed by atoms with van der Waals surface area (Å²) in [5.74, 6) is 0. The van der Waals surface area contributed by atoms with Gasteiger partial charge in [-0.1, -0.05) is 39.7 Å². The molecule has 4 rings (SSSR count). The van der Waals surface area contributed by atoms with Gasteiger partial charge >= 0.3 is 5.63 Å². The largest absolute Gasteiger partial charge is 0.422 e. The summed E-state index contributed by atoms with van der Waals surface area (Å²) in [6.45, 7) is 0. The smallest absolute Gasteiger partial charge is 0.345 e. The number of aromatic nitrogens is 1. The highest BCUT2D eigenvalue weighted by atomic mass is 79.9. The summed E-state index contributed by atoms with van der Waals surface area (Å²) in [6, 6.07) is 14.6. The number of rotatable bonds is 4. The first kappa shape index (κ1) is 17.9. The van der Waals surface area contributed by atoms with Crippen LogP contribution in [-0.4, -0.2) is 11.2 Å². The highest BCUT2D eigenvalue weighted by Crippen LogP contribution is 2.26. The third-order valence-corrected chi connectivity index (χ3v) is 5.23. The van der Waals surface area contributed by atoms with Crippen molar-refractivity contribution in [3.05, 3.63) is 79.4 Å². The maximum atomic E-state index is 12.3. The third kappa shape index (κ3) is 4.10.